The van der Waals surface area contributed by atoms with E-state index in [2.05, 4.69) is 12.2 Å². The SMILES string of the molecule is CC1CCCC(NC(=O)OCc2ccccc2)C1. The molecule has 2 atom stereocenters. The Kier molecular flexibility index (Phi) is 4.62. The standard InChI is InChI=1S/C15H21NO2/c1-12-6-5-9-14(10-12)16-15(17)18-11-13-7-3-2-4-8-13/h2-4,7-8,12,14H,5-6,9-11H2,1H3,(H,16,17). The van der Waals surface area contributed by atoms with Gasteiger partial charge in [-0.25, -0.2) is 4.79 Å². The fourth-order valence-electron chi connectivity index (χ4n) is 2.50. The highest BCUT2D eigenvalue weighted by Crippen LogP contribution is 2.23. The highest BCUT2D eigenvalue weighted by atomic mass is 16.5. The van der Waals surface area contributed by atoms with Gasteiger partial charge in [0.2, 0.25) is 0 Å². The van der Waals surface area contributed by atoms with Crippen molar-refractivity contribution in [1.82, 2.24) is 5.32 Å². The largest absolute Gasteiger partial charge is 0.445 e. The first-order chi connectivity index (χ1) is 8.74. The summed E-state index contributed by atoms with van der Waals surface area (Å²) in [6, 6.07) is 10.0. The fourth-order valence-corrected chi connectivity index (χ4v) is 2.50. The third-order valence-electron chi connectivity index (χ3n) is 3.47. The van der Waals surface area contributed by atoms with Gasteiger partial charge in [0.15, 0.2) is 0 Å². The smallest absolute Gasteiger partial charge is 0.407 e. The van der Waals surface area contributed by atoms with Gasteiger partial charge < -0.3 is 10.1 Å². The minimum Gasteiger partial charge on any atom is -0.445 e. The van der Waals surface area contributed by atoms with Crippen molar-refractivity contribution in [1.29, 1.82) is 0 Å². The zero-order valence-electron chi connectivity index (χ0n) is 10.9. The Bertz CT molecular complexity index is 377. The molecule has 2 rings (SSSR count). The topological polar surface area (TPSA) is 38.3 Å². The van der Waals surface area contributed by atoms with Crippen LogP contribution in [0.2, 0.25) is 0 Å². The number of carbonyl (C=O) groups excluding carboxylic acids is 1. The summed E-state index contributed by atoms with van der Waals surface area (Å²) in [5.74, 6) is 0.707. The van der Waals surface area contributed by atoms with E-state index in [9.17, 15) is 4.79 Å². The number of carbonyl (C=O) groups is 1. The van der Waals surface area contributed by atoms with Gasteiger partial charge in [-0.3, -0.25) is 0 Å². The van der Waals surface area contributed by atoms with Gasteiger partial charge in [-0.05, 0) is 24.3 Å². The van der Waals surface area contributed by atoms with Gasteiger partial charge in [-0.15, -0.1) is 0 Å². The molecular formula is C15H21NO2. The molecule has 1 saturated carbocycles. The number of benzene rings is 1. The van der Waals surface area contributed by atoms with Gasteiger partial charge in [-0.1, -0.05) is 50.1 Å². The van der Waals surface area contributed by atoms with Crippen LogP contribution in [0.15, 0.2) is 30.3 Å². The minimum atomic E-state index is -0.294. The van der Waals surface area contributed by atoms with Crippen molar-refractivity contribution in [2.24, 2.45) is 5.92 Å². The van der Waals surface area contributed by atoms with Gasteiger partial charge in [0.1, 0.15) is 6.61 Å². The zero-order chi connectivity index (χ0) is 12.8. The predicted molar refractivity (Wildman–Crippen MR) is 71.2 cm³/mol. The van der Waals surface area contributed by atoms with Crippen LogP contribution < -0.4 is 5.32 Å². The number of rotatable bonds is 3. The molecule has 3 heteroatoms. The Morgan fingerprint density at radius 1 is 1.33 bits per heavy atom. The molecule has 0 radical (unpaired) electrons. The minimum absolute atomic E-state index is 0.289. The molecule has 0 bridgehead atoms. The van der Waals surface area contributed by atoms with E-state index in [0.29, 0.717) is 12.5 Å². The maximum atomic E-state index is 11.7. The second kappa shape index (κ2) is 6.43. The predicted octanol–water partition coefficient (Wildman–Crippen LogP) is 3.49. The molecule has 18 heavy (non-hydrogen) atoms. The molecule has 0 aliphatic heterocycles. The summed E-state index contributed by atoms with van der Waals surface area (Å²) in [5, 5.41) is 2.96. The number of hydrogen-bond acceptors (Lipinski definition) is 2. The second-order valence-corrected chi connectivity index (χ2v) is 5.17. The molecule has 1 aliphatic rings. The lowest BCUT2D eigenvalue weighted by atomic mass is 9.87. The lowest BCUT2D eigenvalue weighted by Gasteiger charge is -2.27. The molecule has 0 saturated heterocycles. The van der Waals surface area contributed by atoms with Gasteiger partial charge in [0.25, 0.3) is 0 Å². The summed E-state index contributed by atoms with van der Waals surface area (Å²) in [7, 11) is 0. The molecule has 1 amide bonds. The van der Waals surface area contributed by atoms with Crippen LogP contribution in [0.4, 0.5) is 4.79 Å². The molecule has 0 heterocycles. The van der Waals surface area contributed by atoms with Crippen molar-refractivity contribution >= 4 is 6.09 Å². The Morgan fingerprint density at radius 2 is 2.11 bits per heavy atom. The molecule has 0 aromatic heterocycles. The summed E-state index contributed by atoms with van der Waals surface area (Å²) in [4.78, 5) is 11.7. The van der Waals surface area contributed by atoms with E-state index in [4.69, 9.17) is 4.74 Å². The van der Waals surface area contributed by atoms with Crippen molar-refractivity contribution in [3.63, 3.8) is 0 Å². The van der Waals surface area contributed by atoms with Gasteiger partial charge in [0.05, 0.1) is 0 Å². The van der Waals surface area contributed by atoms with Gasteiger partial charge in [0, 0.05) is 6.04 Å². The average molecular weight is 247 g/mol. The summed E-state index contributed by atoms with van der Waals surface area (Å²) in [5.41, 5.74) is 1.02. The van der Waals surface area contributed by atoms with E-state index in [1.54, 1.807) is 0 Å². The van der Waals surface area contributed by atoms with Crippen molar-refractivity contribution in [3.8, 4) is 0 Å². The van der Waals surface area contributed by atoms with E-state index < -0.39 is 0 Å². The van der Waals surface area contributed by atoms with Crippen LogP contribution in [0, 0.1) is 5.92 Å². The third-order valence-corrected chi connectivity index (χ3v) is 3.47. The molecule has 98 valence electrons. The van der Waals surface area contributed by atoms with Crippen LogP contribution in [-0.2, 0) is 11.3 Å². The average Bonchev–Trinajstić information content (AvgIpc) is 2.38. The number of ether oxygens (including phenoxy) is 1. The number of amides is 1. The van der Waals surface area contributed by atoms with Crippen LogP contribution in [0.1, 0.15) is 38.2 Å². The van der Waals surface area contributed by atoms with Gasteiger partial charge in [-0.2, -0.15) is 0 Å². The summed E-state index contributed by atoms with van der Waals surface area (Å²) in [6.07, 6.45) is 4.32. The summed E-state index contributed by atoms with van der Waals surface area (Å²) in [6.45, 7) is 2.58. The molecular weight excluding hydrogens is 226 g/mol. The maximum absolute atomic E-state index is 11.7. The molecule has 1 aromatic carbocycles. The van der Waals surface area contributed by atoms with Crippen molar-refractivity contribution in [2.45, 2.75) is 45.3 Å². The van der Waals surface area contributed by atoms with E-state index in [1.165, 1.54) is 12.8 Å². The number of nitrogens with one attached hydrogen (secondary N) is 1. The van der Waals surface area contributed by atoms with Crippen LogP contribution in [0.25, 0.3) is 0 Å². The number of alkyl carbamates (subject to hydrolysis) is 1. The zero-order valence-corrected chi connectivity index (χ0v) is 10.9. The summed E-state index contributed by atoms with van der Waals surface area (Å²) >= 11 is 0. The van der Waals surface area contributed by atoms with Crippen molar-refractivity contribution in [2.75, 3.05) is 0 Å². The molecule has 3 nitrogen and oxygen atoms in total. The van der Waals surface area contributed by atoms with Crippen molar-refractivity contribution < 1.29 is 9.53 Å². The first-order valence-corrected chi connectivity index (χ1v) is 6.71. The molecule has 2 unspecified atom stereocenters. The molecule has 0 spiro atoms. The van der Waals surface area contributed by atoms with Crippen molar-refractivity contribution in [3.05, 3.63) is 35.9 Å². The fraction of sp³-hybridized carbons (Fsp3) is 0.533. The Balaban J connectivity index is 1.72. The lowest BCUT2D eigenvalue weighted by Crippen LogP contribution is -2.38. The van der Waals surface area contributed by atoms with Crippen LogP contribution in [0.5, 0.6) is 0 Å². The van der Waals surface area contributed by atoms with E-state index in [-0.39, 0.29) is 12.1 Å². The monoisotopic (exact) mass is 247 g/mol. The molecule has 1 aliphatic carbocycles. The first-order valence-electron chi connectivity index (χ1n) is 6.71. The molecule has 1 N–H and O–H groups in total. The summed E-state index contributed by atoms with van der Waals surface area (Å²) < 4.78 is 5.22. The quantitative estimate of drug-likeness (QED) is 0.888. The second-order valence-electron chi connectivity index (χ2n) is 5.17. The Labute approximate surface area is 109 Å². The molecule has 1 fully saturated rings. The Morgan fingerprint density at radius 3 is 2.83 bits per heavy atom. The van der Waals surface area contributed by atoms with Crippen LogP contribution in [0.3, 0.4) is 0 Å². The van der Waals surface area contributed by atoms with Gasteiger partial charge >= 0.3 is 6.09 Å². The molecule has 1 aromatic rings. The Hall–Kier alpha value is -1.51. The number of hydrogen-bond donors (Lipinski definition) is 1. The first kappa shape index (κ1) is 12.9. The highest BCUT2D eigenvalue weighted by Gasteiger charge is 2.20. The third kappa shape index (κ3) is 4.06. The lowest BCUT2D eigenvalue weighted by molar-refractivity contribution is 0.131. The van der Waals surface area contributed by atoms with Crippen LogP contribution >= 0.6 is 0 Å². The normalized spacial score (nSPS) is 23.4. The van der Waals surface area contributed by atoms with E-state index in [0.717, 1.165) is 18.4 Å². The van der Waals surface area contributed by atoms with E-state index in [1.807, 2.05) is 30.3 Å². The maximum Gasteiger partial charge on any atom is 0.407 e. The van der Waals surface area contributed by atoms with E-state index >= 15 is 0 Å². The van der Waals surface area contributed by atoms with Crippen LogP contribution in [-0.4, -0.2) is 12.1 Å². The highest BCUT2D eigenvalue weighted by molar-refractivity contribution is 5.67.